The molecule has 0 aliphatic carbocycles. The van der Waals surface area contributed by atoms with Crippen molar-refractivity contribution in [2.24, 2.45) is 0 Å². The number of hydroxylamine groups is 1. The normalized spacial score (nSPS) is 24.3. The standard InChI is InChI=1S/C24H31FN3O9P/c1-5-6-13-34-21(31)16(3)28(38(33)37-17-9-7-15(2)8-10-17)35-14-18-20(30)24(4,25)22(36-18)27-12-11-19(29)26-23(27)32/h7-12,16,18,20,22,30H,5-6,13-14H2,1-4H3/p+1/t16?,18-,20-,22-,24-/m1/s1. The summed E-state index contributed by atoms with van der Waals surface area (Å²) < 4.78 is 45.7. The van der Waals surface area contributed by atoms with Crippen LogP contribution in [-0.2, 0) is 23.7 Å². The zero-order valence-corrected chi connectivity index (χ0v) is 22.4. The third-order valence-corrected chi connectivity index (χ3v) is 7.12. The molecule has 1 aromatic heterocycles. The monoisotopic (exact) mass is 556 g/mol. The molecule has 3 rings (SSSR count). The number of benzene rings is 1. The summed E-state index contributed by atoms with van der Waals surface area (Å²) in [5.41, 5.74) is -3.13. The molecule has 1 aromatic carbocycles. The number of nitrogens with one attached hydrogen (secondary N) is 1. The number of aliphatic hydroxyl groups excluding tert-OH is 1. The maximum absolute atomic E-state index is 15.5. The van der Waals surface area contributed by atoms with Gasteiger partial charge in [0.25, 0.3) is 5.56 Å². The highest BCUT2D eigenvalue weighted by atomic mass is 31.1. The van der Waals surface area contributed by atoms with Crippen LogP contribution in [-0.4, -0.2) is 62.6 Å². The number of esters is 1. The van der Waals surface area contributed by atoms with Crippen LogP contribution in [0.4, 0.5) is 4.39 Å². The summed E-state index contributed by atoms with van der Waals surface area (Å²) in [6.45, 7) is 5.83. The van der Waals surface area contributed by atoms with E-state index in [1.54, 1.807) is 24.3 Å². The van der Waals surface area contributed by atoms with Gasteiger partial charge >= 0.3 is 19.8 Å². The quantitative estimate of drug-likeness (QED) is 0.173. The Morgan fingerprint density at radius 2 is 2.00 bits per heavy atom. The summed E-state index contributed by atoms with van der Waals surface area (Å²) in [6, 6.07) is 6.49. The lowest BCUT2D eigenvalue weighted by Crippen LogP contribution is -2.44. The minimum atomic E-state index is -2.81. The molecule has 14 heteroatoms. The molecule has 38 heavy (non-hydrogen) atoms. The summed E-state index contributed by atoms with van der Waals surface area (Å²) in [5.74, 6) is -0.474. The van der Waals surface area contributed by atoms with Crippen LogP contribution in [0.5, 0.6) is 5.75 Å². The van der Waals surface area contributed by atoms with Gasteiger partial charge in [-0.15, -0.1) is 0 Å². The molecule has 1 fully saturated rings. The van der Waals surface area contributed by atoms with Crippen molar-refractivity contribution in [3.8, 4) is 5.75 Å². The predicted molar refractivity (Wildman–Crippen MR) is 133 cm³/mol. The Labute approximate surface area is 219 Å². The van der Waals surface area contributed by atoms with Crippen LogP contribution >= 0.6 is 8.18 Å². The van der Waals surface area contributed by atoms with E-state index in [1.807, 2.05) is 18.8 Å². The number of H-pyrrole nitrogens is 1. The minimum absolute atomic E-state index is 0.156. The molecule has 12 nitrogen and oxygen atoms in total. The highest BCUT2D eigenvalue weighted by Gasteiger charge is 2.56. The van der Waals surface area contributed by atoms with Crippen LogP contribution in [0.3, 0.4) is 0 Å². The number of rotatable bonds is 12. The topological polar surface area (TPSA) is 149 Å². The number of aromatic nitrogens is 2. The molecular weight excluding hydrogens is 524 g/mol. The van der Waals surface area contributed by atoms with E-state index in [2.05, 4.69) is 0 Å². The maximum atomic E-state index is 15.5. The lowest BCUT2D eigenvalue weighted by atomic mass is 9.98. The number of carbonyl (C=O) groups excluding carboxylic acids is 1. The van der Waals surface area contributed by atoms with Crippen LogP contribution < -0.4 is 15.8 Å². The summed E-state index contributed by atoms with van der Waals surface area (Å²) >= 11 is 0. The Morgan fingerprint density at radius 3 is 2.63 bits per heavy atom. The fourth-order valence-corrected chi connectivity index (χ4v) is 4.59. The second-order valence-corrected chi connectivity index (χ2v) is 10.1. The first-order valence-corrected chi connectivity index (χ1v) is 13.2. The molecule has 6 atom stereocenters. The number of carbonyl (C=O) groups is 1. The van der Waals surface area contributed by atoms with Gasteiger partial charge in [-0.1, -0.05) is 31.0 Å². The fourth-order valence-electron chi connectivity index (χ4n) is 3.67. The number of hydrogen-bond donors (Lipinski definition) is 2. The fraction of sp³-hybridized carbons (Fsp3) is 0.542. The van der Waals surface area contributed by atoms with Gasteiger partial charge in [0.15, 0.2) is 23.7 Å². The molecule has 0 amide bonds. The molecule has 2 aromatic rings. The third-order valence-electron chi connectivity index (χ3n) is 5.97. The van der Waals surface area contributed by atoms with Gasteiger partial charge in [-0.3, -0.25) is 24.0 Å². The largest absolute Gasteiger partial charge is 0.693 e. The van der Waals surface area contributed by atoms with Gasteiger partial charge in [-0.25, -0.2) is 13.7 Å². The van der Waals surface area contributed by atoms with Gasteiger partial charge in [0.05, 0.1) is 11.4 Å². The summed E-state index contributed by atoms with van der Waals surface area (Å²) in [4.78, 5) is 44.5. The first-order valence-electron chi connectivity index (χ1n) is 12.1. The summed E-state index contributed by atoms with van der Waals surface area (Å²) in [5, 5.41) is 10.6. The van der Waals surface area contributed by atoms with Crippen molar-refractivity contribution < 1.29 is 37.7 Å². The van der Waals surface area contributed by atoms with Crippen molar-refractivity contribution in [1.29, 1.82) is 0 Å². The number of halogens is 1. The van der Waals surface area contributed by atoms with E-state index in [-0.39, 0.29) is 12.4 Å². The number of aliphatic hydroxyl groups is 1. The van der Waals surface area contributed by atoms with E-state index in [9.17, 15) is 24.1 Å². The van der Waals surface area contributed by atoms with E-state index >= 15 is 4.39 Å². The second kappa shape index (κ2) is 12.7. The molecule has 2 N–H and O–H groups in total. The van der Waals surface area contributed by atoms with Gasteiger partial charge in [0.1, 0.15) is 18.8 Å². The average Bonchev–Trinajstić information content (AvgIpc) is 3.09. The highest BCUT2D eigenvalue weighted by molar-refractivity contribution is 7.36. The molecule has 0 bridgehead atoms. The van der Waals surface area contributed by atoms with E-state index in [4.69, 9.17) is 18.8 Å². The number of unbranched alkanes of at least 4 members (excludes halogenated alkanes) is 1. The third kappa shape index (κ3) is 6.91. The van der Waals surface area contributed by atoms with Crippen LogP contribution in [0.15, 0.2) is 46.1 Å². The Hall–Kier alpha value is -2.96. The lowest BCUT2D eigenvalue weighted by Gasteiger charge is -2.24. The first kappa shape index (κ1) is 29.6. The molecule has 2 unspecified atom stereocenters. The Morgan fingerprint density at radius 1 is 1.32 bits per heavy atom. The van der Waals surface area contributed by atoms with Gasteiger partial charge in [-0.05, 0) is 39.3 Å². The van der Waals surface area contributed by atoms with Crippen LogP contribution in [0, 0.1) is 6.92 Å². The van der Waals surface area contributed by atoms with Gasteiger partial charge in [0.2, 0.25) is 0 Å². The second-order valence-electron chi connectivity index (χ2n) is 9.08. The Bertz CT molecular complexity index is 1230. The number of aromatic amines is 1. The van der Waals surface area contributed by atoms with E-state index in [0.717, 1.165) is 40.6 Å². The molecule has 1 aliphatic rings. The van der Waals surface area contributed by atoms with E-state index < -0.39 is 62.2 Å². The van der Waals surface area contributed by atoms with Gasteiger partial charge in [0, 0.05) is 16.8 Å². The average molecular weight is 557 g/mol. The van der Waals surface area contributed by atoms with Crippen LogP contribution in [0.1, 0.15) is 45.4 Å². The zero-order valence-electron chi connectivity index (χ0n) is 21.5. The summed E-state index contributed by atoms with van der Waals surface area (Å²) in [6.07, 6.45) is -2.25. The smallest absolute Gasteiger partial charge is 0.464 e. The van der Waals surface area contributed by atoms with Crippen LogP contribution in [0.25, 0.3) is 0 Å². The molecule has 2 heterocycles. The Kier molecular flexibility index (Phi) is 9.91. The van der Waals surface area contributed by atoms with Crippen molar-refractivity contribution in [2.75, 3.05) is 13.2 Å². The van der Waals surface area contributed by atoms with Crippen molar-refractivity contribution in [1.82, 2.24) is 14.4 Å². The van der Waals surface area contributed by atoms with Crippen LogP contribution in [0.2, 0.25) is 0 Å². The Balaban J connectivity index is 1.78. The van der Waals surface area contributed by atoms with Crippen molar-refractivity contribution >= 4 is 14.1 Å². The predicted octanol–water partition coefficient (Wildman–Crippen LogP) is 2.53. The summed E-state index contributed by atoms with van der Waals surface area (Å²) in [7, 11) is -2.81. The lowest BCUT2D eigenvalue weighted by molar-refractivity contribution is -0.181. The van der Waals surface area contributed by atoms with E-state index in [0.29, 0.717) is 6.42 Å². The SMILES string of the molecule is CCCCOC(=O)C(C)N(OC[C@H]1O[C@@H](n2ccc(=O)[nH]c2=O)[C@](C)(F)[C@@H]1O)[P+](=O)Oc1ccc(C)cc1. The zero-order chi connectivity index (χ0) is 28.0. The molecule has 208 valence electrons. The van der Waals surface area contributed by atoms with Crippen molar-refractivity contribution in [2.45, 2.75) is 70.7 Å². The molecular formula is C24H32FN3O9P+. The number of nitrogens with zero attached hydrogens (tertiary/aromatic N) is 2. The van der Waals surface area contributed by atoms with Gasteiger partial charge in [-0.2, -0.15) is 0 Å². The number of alkyl halides is 1. The number of ether oxygens (including phenoxy) is 2. The molecule has 0 saturated carbocycles. The molecule has 0 radical (unpaired) electrons. The molecule has 1 aliphatic heterocycles. The van der Waals surface area contributed by atoms with Gasteiger partial charge < -0.3 is 14.6 Å². The number of hydrogen-bond acceptors (Lipinski definition) is 9. The molecule has 0 spiro atoms. The first-order chi connectivity index (χ1) is 17.9. The maximum Gasteiger partial charge on any atom is 0.693 e. The van der Waals surface area contributed by atoms with E-state index in [1.165, 1.54) is 6.92 Å². The minimum Gasteiger partial charge on any atom is -0.464 e. The number of aryl methyl sites for hydroxylation is 1. The highest BCUT2D eigenvalue weighted by Crippen LogP contribution is 2.41. The van der Waals surface area contributed by atoms with Crippen molar-refractivity contribution in [3.63, 3.8) is 0 Å². The molecule has 1 saturated heterocycles. The van der Waals surface area contributed by atoms with Crippen molar-refractivity contribution in [3.05, 3.63) is 62.9 Å².